The molecule has 0 saturated carbocycles. The summed E-state index contributed by atoms with van der Waals surface area (Å²) in [4.78, 5) is 24.9. The lowest BCUT2D eigenvalue weighted by Gasteiger charge is -2.22. The highest BCUT2D eigenvalue weighted by Gasteiger charge is 2.33. The van der Waals surface area contributed by atoms with Crippen LogP contribution in [-0.4, -0.2) is 42.1 Å². The summed E-state index contributed by atoms with van der Waals surface area (Å²) in [6, 6.07) is 3.95. The van der Waals surface area contributed by atoms with E-state index in [1.165, 1.54) is 4.90 Å². The average molecular weight is 291 g/mol. The maximum Gasteiger partial charge on any atom is 0.308 e. The zero-order valence-electron chi connectivity index (χ0n) is 12.8. The van der Waals surface area contributed by atoms with Crippen LogP contribution in [-0.2, 0) is 9.59 Å². The molecule has 2 unspecified atom stereocenters. The minimum atomic E-state index is -0.899. The number of aryl methyl sites for hydroxylation is 2. The van der Waals surface area contributed by atoms with Gasteiger partial charge >= 0.3 is 5.97 Å². The van der Waals surface area contributed by atoms with Gasteiger partial charge in [-0.1, -0.05) is 13.0 Å². The molecule has 5 nitrogen and oxygen atoms in total. The Hall–Kier alpha value is -2.04. The maximum atomic E-state index is 12.5. The van der Waals surface area contributed by atoms with E-state index in [1.807, 2.05) is 26.0 Å². The molecule has 114 valence electrons. The summed E-state index contributed by atoms with van der Waals surface area (Å²) in [5, 5.41) is 8.94. The number of nitrogens with zero attached hydrogens (tertiary/aromatic N) is 1. The third kappa shape index (κ3) is 3.01. The molecule has 1 N–H and O–H groups in total. The molecule has 1 aromatic rings. The molecule has 1 aliphatic heterocycles. The number of carboxylic acids is 1. The number of carboxylic acid groups (broad SMARTS) is 1. The molecule has 0 spiro atoms. The molecule has 0 fully saturated rings. The van der Waals surface area contributed by atoms with Crippen LogP contribution in [0.2, 0.25) is 0 Å². The van der Waals surface area contributed by atoms with Crippen molar-refractivity contribution in [2.45, 2.75) is 26.7 Å². The molecule has 1 aliphatic rings. The molecule has 5 heteroatoms. The second-order valence-electron chi connectivity index (χ2n) is 5.80. The number of aliphatic carboxylic acids is 1. The van der Waals surface area contributed by atoms with Gasteiger partial charge in [-0.3, -0.25) is 9.59 Å². The van der Waals surface area contributed by atoms with Crippen molar-refractivity contribution in [1.29, 1.82) is 0 Å². The number of carbonyl (C=O) groups excluding carboxylic acids is 1. The number of ether oxygens (including phenoxy) is 1. The van der Waals surface area contributed by atoms with E-state index >= 15 is 0 Å². The Morgan fingerprint density at radius 2 is 2.00 bits per heavy atom. The van der Waals surface area contributed by atoms with Crippen LogP contribution in [0.25, 0.3) is 0 Å². The summed E-state index contributed by atoms with van der Waals surface area (Å²) in [5.41, 5.74) is 3.16. The molecule has 21 heavy (non-hydrogen) atoms. The largest absolute Gasteiger partial charge is 0.492 e. The Bertz CT molecular complexity index is 582. The zero-order valence-corrected chi connectivity index (χ0v) is 12.8. The van der Waals surface area contributed by atoms with E-state index < -0.39 is 11.9 Å². The van der Waals surface area contributed by atoms with Crippen molar-refractivity contribution >= 4 is 11.9 Å². The van der Waals surface area contributed by atoms with Gasteiger partial charge in [-0.15, -0.1) is 0 Å². The lowest BCUT2D eigenvalue weighted by Crippen LogP contribution is -2.37. The van der Waals surface area contributed by atoms with Gasteiger partial charge in [0.2, 0.25) is 5.91 Å². The smallest absolute Gasteiger partial charge is 0.308 e. The van der Waals surface area contributed by atoms with E-state index in [9.17, 15) is 9.59 Å². The van der Waals surface area contributed by atoms with Gasteiger partial charge in [-0.2, -0.15) is 0 Å². The van der Waals surface area contributed by atoms with E-state index in [2.05, 4.69) is 0 Å². The number of hydrogen-bond donors (Lipinski definition) is 1. The van der Waals surface area contributed by atoms with Gasteiger partial charge in [-0.25, -0.2) is 0 Å². The van der Waals surface area contributed by atoms with Crippen molar-refractivity contribution in [3.05, 3.63) is 28.8 Å². The summed E-state index contributed by atoms with van der Waals surface area (Å²) in [6.07, 6.45) is 0. The van der Waals surface area contributed by atoms with Gasteiger partial charge in [0, 0.05) is 19.2 Å². The number of rotatable bonds is 4. The SMILES string of the molecule is Cc1cc2c(cc1C)C(C(=O)N(C)CC(C)C(=O)O)CO2. The fourth-order valence-corrected chi connectivity index (χ4v) is 2.52. The van der Waals surface area contributed by atoms with Crippen LogP contribution < -0.4 is 4.74 Å². The highest BCUT2D eigenvalue weighted by atomic mass is 16.5. The Kier molecular flexibility index (Phi) is 4.21. The summed E-state index contributed by atoms with van der Waals surface area (Å²) >= 11 is 0. The first-order chi connectivity index (χ1) is 9.81. The molecule has 1 aromatic carbocycles. The second-order valence-corrected chi connectivity index (χ2v) is 5.80. The molecular weight excluding hydrogens is 270 g/mol. The Labute approximate surface area is 124 Å². The van der Waals surface area contributed by atoms with Crippen LogP contribution in [0.4, 0.5) is 0 Å². The van der Waals surface area contributed by atoms with E-state index in [0.29, 0.717) is 6.61 Å². The summed E-state index contributed by atoms with van der Waals surface area (Å²) in [7, 11) is 1.64. The molecule has 2 atom stereocenters. The number of likely N-dealkylation sites (N-methyl/N-ethyl adjacent to an activating group) is 1. The van der Waals surface area contributed by atoms with Crippen LogP contribution in [0, 0.1) is 19.8 Å². The minimum Gasteiger partial charge on any atom is -0.492 e. The van der Waals surface area contributed by atoms with Gasteiger partial charge in [0.05, 0.1) is 5.92 Å². The first-order valence-corrected chi connectivity index (χ1v) is 7.03. The van der Waals surface area contributed by atoms with E-state index in [0.717, 1.165) is 22.4 Å². The summed E-state index contributed by atoms with van der Waals surface area (Å²) in [6.45, 7) is 6.13. The minimum absolute atomic E-state index is 0.0925. The molecular formula is C16H21NO4. The molecule has 1 heterocycles. The van der Waals surface area contributed by atoms with Gasteiger partial charge in [0.1, 0.15) is 18.3 Å². The lowest BCUT2D eigenvalue weighted by atomic mass is 9.96. The van der Waals surface area contributed by atoms with Crippen LogP contribution in [0.15, 0.2) is 12.1 Å². The predicted molar refractivity (Wildman–Crippen MR) is 78.6 cm³/mol. The molecule has 0 bridgehead atoms. The van der Waals surface area contributed by atoms with E-state index in [-0.39, 0.29) is 18.4 Å². The first kappa shape index (κ1) is 15.4. The highest BCUT2D eigenvalue weighted by Crippen LogP contribution is 2.36. The predicted octanol–water partition coefficient (Wildman–Crippen LogP) is 1.96. The number of benzene rings is 1. The quantitative estimate of drug-likeness (QED) is 0.921. The topological polar surface area (TPSA) is 66.8 Å². The third-order valence-electron chi connectivity index (χ3n) is 4.05. The Balaban J connectivity index is 2.16. The Morgan fingerprint density at radius 3 is 2.62 bits per heavy atom. The van der Waals surface area contributed by atoms with Crippen molar-refractivity contribution in [1.82, 2.24) is 4.90 Å². The molecule has 0 radical (unpaired) electrons. The molecule has 2 rings (SSSR count). The molecule has 1 amide bonds. The molecule has 0 aliphatic carbocycles. The van der Waals surface area contributed by atoms with Crippen molar-refractivity contribution in [2.75, 3.05) is 20.2 Å². The van der Waals surface area contributed by atoms with Crippen LogP contribution >= 0.6 is 0 Å². The number of hydrogen-bond acceptors (Lipinski definition) is 3. The van der Waals surface area contributed by atoms with Crippen LogP contribution in [0.3, 0.4) is 0 Å². The molecule has 0 aromatic heterocycles. The fraction of sp³-hybridized carbons (Fsp3) is 0.500. The van der Waals surface area contributed by atoms with Crippen molar-refractivity contribution in [2.24, 2.45) is 5.92 Å². The van der Waals surface area contributed by atoms with E-state index in [4.69, 9.17) is 9.84 Å². The van der Waals surface area contributed by atoms with Gasteiger partial charge in [0.25, 0.3) is 0 Å². The molecule has 0 saturated heterocycles. The number of fused-ring (bicyclic) bond motifs is 1. The third-order valence-corrected chi connectivity index (χ3v) is 4.05. The van der Waals surface area contributed by atoms with Crippen molar-refractivity contribution in [3.63, 3.8) is 0 Å². The second kappa shape index (κ2) is 5.76. The number of carbonyl (C=O) groups is 2. The Morgan fingerprint density at radius 1 is 1.38 bits per heavy atom. The summed E-state index contributed by atoms with van der Waals surface area (Å²) < 4.78 is 5.61. The van der Waals surface area contributed by atoms with Gasteiger partial charge in [-0.05, 0) is 31.0 Å². The van der Waals surface area contributed by atoms with Gasteiger partial charge < -0.3 is 14.7 Å². The standard InChI is InChI=1S/C16H21NO4/c1-9-5-12-13(8-21-14(12)6-10(9)2)15(18)17(4)7-11(3)16(19)20/h5-6,11,13H,7-8H2,1-4H3,(H,19,20). The normalized spacial score (nSPS) is 17.8. The highest BCUT2D eigenvalue weighted by molar-refractivity contribution is 5.86. The number of amides is 1. The van der Waals surface area contributed by atoms with Crippen LogP contribution in [0.1, 0.15) is 29.5 Å². The fourth-order valence-electron chi connectivity index (χ4n) is 2.52. The van der Waals surface area contributed by atoms with E-state index in [1.54, 1.807) is 14.0 Å². The van der Waals surface area contributed by atoms with Crippen molar-refractivity contribution < 1.29 is 19.4 Å². The van der Waals surface area contributed by atoms with Gasteiger partial charge in [0.15, 0.2) is 0 Å². The van der Waals surface area contributed by atoms with Crippen LogP contribution in [0.5, 0.6) is 5.75 Å². The monoisotopic (exact) mass is 291 g/mol. The van der Waals surface area contributed by atoms with Crippen molar-refractivity contribution in [3.8, 4) is 5.75 Å². The maximum absolute atomic E-state index is 12.5. The zero-order chi connectivity index (χ0) is 15.7. The first-order valence-electron chi connectivity index (χ1n) is 7.03. The average Bonchev–Trinajstić information content (AvgIpc) is 2.80. The summed E-state index contributed by atoms with van der Waals surface area (Å²) in [5.74, 6) is -1.16. The lowest BCUT2D eigenvalue weighted by molar-refractivity contribution is -0.142.